The summed E-state index contributed by atoms with van der Waals surface area (Å²) in [5, 5.41) is 0. The van der Waals surface area contributed by atoms with Crippen LogP contribution >= 0.6 is 0 Å². The monoisotopic (exact) mass is 360 g/mol. The molecule has 0 saturated heterocycles. The number of carbonyl (C=O) groups is 2. The lowest BCUT2D eigenvalue weighted by molar-refractivity contribution is 0.0505. The first-order chi connectivity index (χ1) is 12.7. The third-order valence-electron chi connectivity index (χ3n) is 3.97. The van der Waals surface area contributed by atoms with E-state index in [-0.39, 0.29) is 6.61 Å². The summed E-state index contributed by atoms with van der Waals surface area (Å²) in [4.78, 5) is 23.9. The zero-order valence-electron chi connectivity index (χ0n) is 16.2. The van der Waals surface area contributed by atoms with Crippen molar-refractivity contribution in [1.82, 2.24) is 0 Å². The molecular formula is C22H32O4. The highest BCUT2D eigenvalue weighted by Gasteiger charge is 2.11. The third kappa shape index (κ3) is 9.40. The van der Waals surface area contributed by atoms with E-state index in [9.17, 15) is 9.59 Å². The minimum atomic E-state index is -0.431. The molecule has 144 valence electrons. The molecular weight excluding hydrogens is 328 g/mol. The molecule has 0 atom stereocenters. The van der Waals surface area contributed by atoms with Crippen LogP contribution < -0.4 is 0 Å². The van der Waals surface area contributed by atoms with E-state index in [0.717, 1.165) is 12.8 Å². The van der Waals surface area contributed by atoms with Crippen LogP contribution in [0, 0.1) is 0 Å². The Bertz CT molecular complexity index is 563. The van der Waals surface area contributed by atoms with Crippen molar-refractivity contribution in [3.63, 3.8) is 0 Å². The number of carbonyl (C=O) groups excluding carboxylic acids is 2. The number of benzene rings is 1. The Hall–Kier alpha value is -2.10. The molecule has 4 heteroatoms. The zero-order chi connectivity index (χ0) is 19.0. The first-order valence-electron chi connectivity index (χ1n) is 9.78. The van der Waals surface area contributed by atoms with Gasteiger partial charge in [-0.05, 0) is 37.5 Å². The largest absolute Gasteiger partial charge is 0.462 e. The van der Waals surface area contributed by atoms with Crippen LogP contribution in [0.15, 0.2) is 36.4 Å². The van der Waals surface area contributed by atoms with Gasteiger partial charge >= 0.3 is 11.9 Å². The van der Waals surface area contributed by atoms with Gasteiger partial charge in [0.1, 0.15) is 6.61 Å². The van der Waals surface area contributed by atoms with Gasteiger partial charge in [-0.15, -0.1) is 0 Å². The van der Waals surface area contributed by atoms with Gasteiger partial charge in [0, 0.05) is 0 Å². The molecule has 0 unspecified atom stereocenters. The molecule has 1 aromatic rings. The van der Waals surface area contributed by atoms with Crippen LogP contribution in [0.4, 0.5) is 0 Å². The smallest absolute Gasteiger partial charge is 0.338 e. The number of hydrogen-bond acceptors (Lipinski definition) is 4. The summed E-state index contributed by atoms with van der Waals surface area (Å²) >= 11 is 0. The molecule has 0 N–H and O–H groups in total. The van der Waals surface area contributed by atoms with E-state index in [1.807, 2.05) is 13.0 Å². The molecule has 4 nitrogen and oxygen atoms in total. The summed E-state index contributed by atoms with van der Waals surface area (Å²) in [5.74, 6) is -0.848. The summed E-state index contributed by atoms with van der Waals surface area (Å²) < 4.78 is 10.3. The Balaban J connectivity index is 2.28. The first-order valence-corrected chi connectivity index (χ1v) is 9.78. The fourth-order valence-electron chi connectivity index (χ4n) is 2.49. The third-order valence-corrected chi connectivity index (χ3v) is 3.97. The second-order valence-electron chi connectivity index (χ2n) is 6.34. The van der Waals surface area contributed by atoms with Gasteiger partial charge in [0.05, 0.1) is 17.7 Å². The Morgan fingerprint density at radius 2 is 1.50 bits per heavy atom. The van der Waals surface area contributed by atoms with Gasteiger partial charge in [0.15, 0.2) is 0 Å². The Morgan fingerprint density at radius 3 is 2.19 bits per heavy atom. The zero-order valence-corrected chi connectivity index (χ0v) is 16.2. The van der Waals surface area contributed by atoms with Crippen LogP contribution in [0.25, 0.3) is 0 Å². The van der Waals surface area contributed by atoms with Crippen molar-refractivity contribution in [2.24, 2.45) is 0 Å². The highest BCUT2D eigenvalue weighted by molar-refractivity contribution is 5.95. The number of unbranched alkanes of at least 4 members (excludes halogenated alkanes) is 6. The summed E-state index contributed by atoms with van der Waals surface area (Å²) in [7, 11) is 0. The molecule has 0 spiro atoms. The average molecular weight is 360 g/mol. The molecule has 0 aromatic heterocycles. The van der Waals surface area contributed by atoms with Crippen molar-refractivity contribution in [1.29, 1.82) is 0 Å². The Morgan fingerprint density at radius 1 is 0.846 bits per heavy atom. The van der Waals surface area contributed by atoms with E-state index in [0.29, 0.717) is 17.7 Å². The Kier molecular flexibility index (Phi) is 11.9. The minimum Gasteiger partial charge on any atom is -0.462 e. The maximum absolute atomic E-state index is 12.1. The maximum atomic E-state index is 12.1. The molecule has 0 saturated carbocycles. The molecule has 0 radical (unpaired) electrons. The van der Waals surface area contributed by atoms with Gasteiger partial charge in [0.2, 0.25) is 0 Å². The fraction of sp³-hybridized carbons (Fsp3) is 0.545. The van der Waals surface area contributed by atoms with E-state index >= 15 is 0 Å². The molecule has 0 aliphatic rings. The molecule has 26 heavy (non-hydrogen) atoms. The van der Waals surface area contributed by atoms with Crippen LogP contribution in [0.1, 0.15) is 85.9 Å². The second kappa shape index (κ2) is 14.1. The lowest BCUT2D eigenvalue weighted by Crippen LogP contribution is -2.09. The fourth-order valence-corrected chi connectivity index (χ4v) is 2.49. The summed E-state index contributed by atoms with van der Waals surface area (Å²) in [6.07, 6.45) is 13.4. The number of rotatable bonds is 13. The van der Waals surface area contributed by atoms with E-state index in [2.05, 4.69) is 13.0 Å². The van der Waals surface area contributed by atoms with Crippen molar-refractivity contribution in [2.45, 2.75) is 65.2 Å². The standard InChI is InChI=1S/C22H32O4/c1-3-5-6-7-8-9-10-11-12-17-26-22(24)20-15-13-14-19(18-20)21(23)25-16-4-2/h11-15,18H,3-10,16-17H2,1-2H3/b12-11+. The molecule has 1 aromatic carbocycles. The summed E-state index contributed by atoms with van der Waals surface area (Å²) in [6, 6.07) is 6.45. The van der Waals surface area contributed by atoms with Gasteiger partial charge in [-0.1, -0.05) is 64.2 Å². The van der Waals surface area contributed by atoms with E-state index in [1.165, 1.54) is 44.6 Å². The second-order valence-corrected chi connectivity index (χ2v) is 6.34. The van der Waals surface area contributed by atoms with Gasteiger partial charge < -0.3 is 9.47 Å². The molecule has 0 heterocycles. The minimum absolute atomic E-state index is 0.249. The van der Waals surface area contributed by atoms with Crippen LogP contribution in [0.3, 0.4) is 0 Å². The quantitative estimate of drug-likeness (QED) is 0.256. The number of ether oxygens (including phenoxy) is 2. The van der Waals surface area contributed by atoms with Crippen LogP contribution in [0.2, 0.25) is 0 Å². The molecule has 1 rings (SSSR count). The van der Waals surface area contributed by atoms with E-state index in [1.54, 1.807) is 18.2 Å². The normalized spacial score (nSPS) is 10.8. The van der Waals surface area contributed by atoms with Crippen LogP contribution in [-0.2, 0) is 9.47 Å². The summed E-state index contributed by atoms with van der Waals surface area (Å²) in [6.45, 7) is 4.77. The van der Waals surface area contributed by atoms with Crippen molar-refractivity contribution >= 4 is 11.9 Å². The van der Waals surface area contributed by atoms with Crippen molar-refractivity contribution in [2.75, 3.05) is 13.2 Å². The predicted octanol–water partition coefficient (Wildman–Crippen LogP) is 5.72. The number of allylic oxidation sites excluding steroid dienone is 1. The summed E-state index contributed by atoms with van der Waals surface area (Å²) in [5.41, 5.74) is 0.729. The average Bonchev–Trinajstić information content (AvgIpc) is 2.67. The van der Waals surface area contributed by atoms with Crippen molar-refractivity contribution in [3.05, 3.63) is 47.5 Å². The molecule has 0 aliphatic carbocycles. The van der Waals surface area contributed by atoms with Gasteiger partial charge in [-0.3, -0.25) is 0 Å². The van der Waals surface area contributed by atoms with Gasteiger partial charge in [-0.2, -0.15) is 0 Å². The van der Waals surface area contributed by atoms with Gasteiger partial charge in [-0.25, -0.2) is 9.59 Å². The van der Waals surface area contributed by atoms with Crippen LogP contribution in [-0.4, -0.2) is 25.2 Å². The molecule has 0 amide bonds. The lowest BCUT2D eigenvalue weighted by Gasteiger charge is -2.05. The highest BCUT2D eigenvalue weighted by atomic mass is 16.5. The Labute approximate surface area is 157 Å². The lowest BCUT2D eigenvalue weighted by atomic mass is 10.1. The molecule has 0 fully saturated rings. The highest BCUT2D eigenvalue weighted by Crippen LogP contribution is 2.09. The number of esters is 2. The first kappa shape index (κ1) is 21.9. The van der Waals surface area contributed by atoms with E-state index in [4.69, 9.17) is 9.47 Å². The topological polar surface area (TPSA) is 52.6 Å². The maximum Gasteiger partial charge on any atom is 0.338 e. The molecule has 0 aliphatic heterocycles. The number of hydrogen-bond donors (Lipinski definition) is 0. The van der Waals surface area contributed by atoms with Crippen molar-refractivity contribution in [3.8, 4) is 0 Å². The van der Waals surface area contributed by atoms with Gasteiger partial charge in [0.25, 0.3) is 0 Å². The van der Waals surface area contributed by atoms with Crippen molar-refractivity contribution < 1.29 is 19.1 Å². The van der Waals surface area contributed by atoms with Crippen LogP contribution in [0.5, 0.6) is 0 Å². The SMILES string of the molecule is CCCCCCCC/C=C/COC(=O)c1cccc(C(=O)OCCC)c1. The predicted molar refractivity (Wildman–Crippen MR) is 104 cm³/mol. The van der Waals surface area contributed by atoms with E-state index < -0.39 is 11.9 Å². The molecule has 0 bridgehead atoms.